The molecule has 1 atom stereocenters. The highest BCUT2D eigenvalue weighted by Crippen LogP contribution is 2.29. The second-order valence-electron chi connectivity index (χ2n) is 5.19. The Morgan fingerprint density at radius 3 is 2.40 bits per heavy atom. The van der Waals surface area contributed by atoms with Gasteiger partial charge < -0.3 is 10.1 Å². The fourth-order valence-electron chi connectivity index (χ4n) is 2.07. The minimum atomic E-state index is -1.02. The Morgan fingerprint density at radius 2 is 1.95 bits per heavy atom. The Balaban J connectivity index is 2.20. The summed E-state index contributed by atoms with van der Waals surface area (Å²) in [5.74, 6) is 0.434. The molecule has 1 fully saturated rings. The number of nitrogens with one attached hydrogen (secondary N) is 1. The summed E-state index contributed by atoms with van der Waals surface area (Å²) in [6.45, 7) is 7.80. The lowest BCUT2D eigenvalue weighted by Crippen LogP contribution is -2.40. The van der Waals surface area contributed by atoms with Crippen molar-refractivity contribution in [3.8, 4) is 5.75 Å². The minimum absolute atomic E-state index is 0.266. The molecule has 1 heterocycles. The maximum atomic E-state index is 12.1. The molecule has 0 radical (unpaired) electrons. The average molecular weight is 274 g/mol. The SMILES string of the molecule is C=C(C)COc1ccc(C2(C)NC(=O)N(C)C2=O)cc1. The highest BCUT2D eigenvalue weighted by molar-refractivity contribution is 6.06. The smallest absolute Gasteiger partial charge is 0.325 e. The second-order valence-corrected chi connectivity index (χ2v) is 5.19. The fraction of sp³-hybridized carbons (Fsp3) is 0.333. The number of ether oxygens (including phenoxy) is 1. The summed E-state index contributed by atoms with van der Waals surface area (Å²) in [5.41, 5.74) is 0.641. The molecular formula is C15H18N2O3. The summed E-state index contributed by atoms with van der Waals surface area (Å²) in [6.07, 6.45) is 0. The van der Waals surface area contributed by atoms with E-state index in [1.54, 1.807) is 31.2 Å². The van der Waals surface area contributed by atoms with Crippen molar-refractivity contribution < 1.29 is 14.3 Å². The molecule has 1 unspecified atom stereocenters. The van der Waals surface area contributed by atoms with Crippen molar-refractivity contribution in [2.75, 3.05) is 13.7 Å². The molecule has 0 aliphatic carbocycles. The van der Waals surface area contributed by atoms with E-state index >= 15 is 0 Å². The van der Waals surface area contributed by atoms with Gasteiger partial charge in [-0.15, -0.1) is 0 Å². The third kappa shape index (κ3) is 2.39. The summed E-state index contributed by atoms with van der Waals surface area (Å²) in [5, 5.41) is 2.70. The molecule has 1 aliphatic rings. The van der Waals surface area contributed by atoms with Crippen LogP contribution in [-0.4, -0.2) is 30.5 Å². The molecule has 0 saturated carbocycles. The van der Waals surface area contributed by atoms with Gasteiger partial charge in [-0.1, -0.05) is 18.7 Å². The van der Waals surface area contributed by atoms with Crippen LogP contribution in [0, 0.1) is 0 Å². The first-order valence-electron chi connectivity index (χ1n) is 6.32. The van der Waals surface area contributed by atoms with Crippen LogP contribution >= 0.6 is 0 Å². The van der Waals surface area contributed by atoms with Crippen LogP contribution in [0.25, 0.3) is 0 Å². The molecular weight excluding hydrogens is 256 g/mol. The van der Waals surface area contributed by atoms with E-state index in [-0.39, 0.29) is 11.9 Å². The second kappa shape index (κ2) is 5.00. The maximum absolute atomic E-state index is 12.1. The molecule has 0 aromatic heterocycles. The summed E-state index contributed by atoms with van der Waals surface area (Å²) in [4.78, 5) is 24.8. The average Bonchev–Trinajstić information content (AvgIpc) is 2.62. The lowest BCUT2D eigenvalue weighted by Gasteiger charge is -2.21. The van der Waals surface area contributed by atoms with Crippen molar-refractivity contribution in [3.05, 3.63) is 42.0 Å². The van der Waals surface area contributed by atoms with E-state index in [1.807, 2.05) is 6.92 Å². The van der Waals surface area contributed by atoms with Gasteiger partial charge in [-0.25, -0.2) is 4.79 Å². The zero-order valence-corrected chi connectivity index (χ0v) is 11.9. The Kier molecular flexibility index (Phi) is 3.53. The standard InChI is InChI=1S/C15H18N2O3/c1-10(2)9-20-12-7-5-11(6-8-12)15(3)13(18)17(4)14(19)16-15/h5-8H,1,9H2,2-4H3,(H,16,19). The molecule has 0 bridgehead atoms. The Hall–Kier alpha value is -2.30. The van der Waals surface area contributed by atoms with Crippen molar-refractivity contribution in [2.24, 2.45) is 0 Å². The van der Waals surface area contributed by atoms with Gasteiger partial charge in [0.2, 0.25) is 0 Å². The van der Waals surface area contributed by atoms with Gasteiger partial charge >= 0.3 is 6.03 Å². The number of benzene rings is 1. The number of hydrogen-bond acceptors (Lipinski definition) is 3. The van der Waals surface area contributed by atoms with E-state index in [4.69, 9.17) is 4.74 Å². The number of amides is 3. The summed E-state index contributed by atoms with van der Waals surface area (Å²) in [6, 6.07) is 6.73. The number of urea groups is 1. The lowest BCUT2D eigenvalue weighted by molar-refractivity contribution is -0.130. The van der Waals surface area contributed by atoms with Crippen molar-refractivity contribution >= 4 is 11.9 Å². The molecule has 1 N–H and O–H groups in total. The highest BCUT2D eigenvalue weighted by atomic mass is 16.5. The molecule has 5 nitrogen and oxygen atoms in total. The van der Waals surface area contributed by atoms with Crippen LogP contribution in [0.2, 0.25) is 0 Å². The lowest BCUT2D eigenvalue weighted by atomic mass is 9.92. The number of likely N-dealkylation sites (N-methyl/N-ethyl adjacent to an activating group) is 1. The molecule has 1 saturated heterocycles. The van der Waals surface area contributed by atoms with E-state index in [0.717, 1.165) is 16.0 Å². The van der Waals surface area contributed by atoms with Crippen molar-refractivity contribution in [2.45, 2.75) is 19.4 Å². The van der Waals surface area contributed by atoms with Gasteiger partial charge in [0.25, 0.3) is 5.91 Å². The van der Waals surface area contributed by atoms with Gasteiger partial charge in [-0.05, 0) is 37.1 Å². The number of hydrogen-bond donors (Lipinski definition) is 1. The van der Waals surface area contributed by atoms with Crippen LogP contribution in [0.5, 0.6) is 5.75 Å². The van der Waals surface area contributed by atoms with Crippen LogP contribution in [-0.2, 0) is 10.3 Å². The largest absolute Gasteiger partial charge is 0.489 e. The predicted octanol–water partition coefficient (Wildman–Crippen LogP) is 2.04. The molecule has 1 aromatic carbocycles. The molecule has 1 aliphatic heterocycles. The number of nitrogens with zero attached hydrogens (tertiary/aromatic N) is 1. The van der Waals surface area contributed by atoms with E-state index in [0.29, 0.717) is 12.4 Å². The topological polar surface area (TPSA) is 58.6 Å². The van der Waals surface area contributed by atoms with E-state index in [9.17, 15) is 9.59 Å². The number of carbonyl (C=O) groups is 2. The van der Waals surface area contributed by atoms with Gasteiger partial charge in [0.05, 0.1) is 0 Å². The van der Waals surface area contributed by atoms with Gasteiger partial charge in [0, 0.05) is 7.05 Å². The quantitative estimate of drug-likeness (QED) is 0.675. The summed E-state index contributed by atoms with van der Waals surface area (Å²) >= 11 is 0. The molecule has 0 spiro atoms. The van der Waals surface area contributed by atoms with Crippen LogP contribution < -0.4 is 10.1 Å². The Bertz CT molecular complexity index is 565. The van der Waals surface area contributed by atoms with Crippen LogP contribution in [0.3, 0.4) is 0 Å². The van der Waals surface area contributed by atoms with Gasteiger partial charge in [-0.2, -0.15) is 0 Å². The van der Waals surface area contributed by atoms with E-state index < -0.39 is 5.54 Å². The Morgan fingerprint density at radius 1 is 1.35 bits per heavy atom. The van der Waals surface area contributed by atoms with Gasteiger partial charge in [0.1, 0.15) is 17.9 Å². The van der Waals surface area contributed by atoms with Crippen molar-refractivity contribution in [1.82, 2.24) is 10.2 Å². The predicted molar refractivity (Wildman–Crippen MR) is 75.4 cm³/mol. The summed E-state index contributed by atoms with van der Waals surface area (Å²) < 4.78 is 5.50. The summed E-state index contributed by atoms with van der Waals surface area (Å²) in [7, 11) is 1.47. The molecule has 3 amide bonds. The van der Waals surface area contributed by atoms with Crippen LogP contribution in [0.4, 0.5) is 4.79 Å². The first-order chi connectivity index (χ1) is 9.34. The van der Waals surface area contributed by atoms with Crippen LogP contribution in [0.15, 0.2) is 36.4 Å². The number of carbonyl (C=O) groups excluding carboxylic acids is 2. The molecule has 1 aromatic rings. The van der Waals surface area contributed by atoms with Crippen LogP contribution in [0.1, 0.15) is 19.4 Å². The normalized spacial score (nSPS) is 21.9. The zero-order valence-electron chi connectivity index (χ0n) is 11.9. The molecule has 5 heteroatoms. The third-order valence-corrected chi connectivity index (χ3v) is 3.31. The zero-order chi connectivity index (χ0) is 14.9. The highest BCUT2D eigenvalue weighted by Gasteiger charge is 2.47. The van der Waals surface area contributed by atoms with E-state index in [1.165, 1.54) is 7.05 Å². The fourth-order valence-corrected chi connectivity index (χ4v) is 2.07. The number of imide groups is 1. The van der Waals surface area contributed by atoms with Gasteiger partial charge in [-0.3, -0.25) is 9.69 Å². The first kappa shape index (κ1) is 14.1. The molecule has 2 rings (SSSR count). The third-order valence-electron chi connectivity index (χ3n) is 3.31. The monoisotopic (exact) mass is 274 g/mol. The van der Waals surface area contributed by atoms with Crippen molar-refractivity contribution in [1.29, 1.82) is 0 Å². The maximum Gasteiger partial charge on any atom is 0.325 e. The van der Waals surface area contributed by atoms with E-state index in [2.05, 4.69) is 11.9 Å². The first-order valence-corrected chi connectivity index (χ1v) is 6.32. The number of rotatable bonds is 4. The van der Waals surface area contributed by atoms with Crippen molar-refractivity contribution in [3.63, 3.8) is 0 Å². The Labute approximate surface area is 118 Å². The molecule has 20 heavy (non-hydrogen) atoms. The molecule has 106 valence electrons. The minimum Gasteiger partial charge on any atom is -0.489 e. The van der Waals surface area contributed by atoms with Gasteiger partial charge in [0.15, 0.2) is 0 Å².